The summed E-state index contributed by atoms with van der Waals surface area (Å²) in [6.07, 6.45) is 0.993. The van der Waals surface area contributed by atoms with Crippen LogP contribution < -0.4 is 5.32 Å². The number of Topliss-reactive ketones (excluding diaryl/α,β-unsaturated/α-hetero) is 1. The highest BCUT2D eigenvalue weighted by atomic mass is 35.5. The van der Waals surface area contributed by atoms with E-state index in [0.717, 1.165) is 24.2 Å². The van der Waals surface area contributed by atoms with Gasteiger partial charge in [-0.1, -0.05) is 0 Å². The molecule has 1 aromatic rings. The molecule has 3 heteroatoms. The fourth-order valence-corrected chi connectivity index (χ4v) is 1.81. The van der Waals surface area contributed by atoms with Crippen molar-refractivity contribution in [2.45, 2.75) is 18.7 Å². The molecule has 0 aromatic heterocycles. The quantitative estimate of drug-likeness (QED) is 0.599. The Hall–Kier alpha value is -1.02. The molecule has 0 saturated carbocycles. The van der Waals surface area contributed by atoms with Gasteiger partial charge < -0.3 is 5.32 Å². The zero-order valence-corrected chi connectivity index (χ0v) is 8.77. The summed E-state index contributed by atoms with van der Waals surface area (Å²) in [5, 5.41) is 2.81. The Balaban J connectivity index is 2.33. The van der Waals surface area contributed by atoms with Gasteiger partial charge in [-0.25, -0.2) is 0 Å². The second kappa shape index (κ2) is 3.62. The minimum Gasteiger partial charge on any atom is -0.384 e. The van der Waals surface area contributed by atoms with E-state index in [1.165, 1.54) is 5.56 Å². The number of rotatable bonds is 2. The Morgan fingerprint density at radius 3 is 3.07 bits per heavy atom. The predicted octanol–water partition coefficient (Wildman–Crippen LogP) is 2.46. The summed E-state index contributed by atoms with van der Waals surface area (Å²) in [5.41, 5.74) is 3.08. The lowest BCUT2D eigenvalue weighted by Crippen LogP contribution is -2.10. The number of benzene rings is 1. The van der Waals surface area contributed by atoms with Crippen LogP contribution >= 0.6 is 11.6 Å². The number of hydrogen-bond acceptors (Lipinski definition) is 2. The fourth-order valence-electron chi connectivity index (χ4n) is 1.69. The van der Waals surface area contributed by atoms with Gasteiger partial charge in [0.2, 0.25) is 0 Å². The molecular formula is C11H12ClNO. The van der Waals surface area contributed by atoms with Crippen LogP contribution in [0.25, 0.3) is 0 Å². The van der Waals surface area contributed by atoms with Gasteiger partial charge in [0.1, 0.15) is 0 Å². The summed E-state index contributed by atoms with van der Waals surface area (Å²) in [6, 6.07) is 5.73. The van der Waals surface area contributed by atoms with Crippen molar-refractivity contribution in [2.75, 3.05) is 11.9 Å². The van der Waals surface area contributed by atoms with Gasteiger partial charge >= 0.3 is 0 Å². The molecule has 0 fully saturated rings. The van der Waals surface area contributed by atoms with Gasteiger partial charge in [-0.15, -0.1) is 11.6 Å². The number of alkyl halides is 1. The van der Waals surface area contributed by atoms with E-state index in [0.29, 0.717) is 0 Å². The lowest BCUT2D eigenvalue weighted by atomic mass is 10.0. The molecule has 1 aliphatic heterocycles. The number of halogens is 1. The van der Waals surface area contributed by atoms with E-state index in [1.807, 2.05) is 18.2 Å². The van der Waals surface area contributed by atoms with Crippen molar-refractivity contribution < 1.29 is 4.79 Å². The van der Waals surface area contributed by atoms with Crippen molar-refractivity contribution in [1.82, 2.24) is 0 Å². The average Bonchev–Trinajstić information content (AvgIpc) is 2.62. The molecule has 0 radical (unpaired) electrons. The molecule has 2 rings (SSSR count). The highest BCUT2D eigenvalue weighted by Gasteiger charge is 2.16. The monoisotopic (exact) mass is 209 g/mol. The largest absolute Gasteiger partial charge is 0.384 e. The minimum absolute atomic E-state index is 0.00127. The molecule has 0 unspecified atom stereocenters. The Bertz CT molecular complexity index is 374. The van der Waals surface area contributed by atoms with E-state index in [9.17, 15) is 4.79 Å². The molecule has 0 aliphatic carbocycles. The van der Waals surface area contributed by atoms with Gasteiger partial charge in [0.15, 0.2) is 5.78 Å². The smallest absolute Gasteiger partial charge is 0.180 e. The van der Waals surface area contributed by atoms with E-state index in [2.05, 4.69) is 5.32 Å². The first kappa shape index (κ1) is 9.53. The first-order valence-corrected chi connectivity index (χ1v) is 5.17. The Kier molecular flexibility index (Phi) is 2.46. The third-order valence-electron chi connectivity index (χ3n) is 2.46. The first-order valence-electron chi connectivity index (χ1n) is 4.73. The highest BCUT2D eigenvalue weighted by molar-refractivity contribution is 6.33. The second-order valence-corrected chi connectivity index (χ2v) is 4.18. The third-order valence-corrected chi connectivity index (χ3v) is 2.66. The number of nitrogens with one attached hydrogen (secondary N) is 1. The summed E-state index contributed by atoms with van der Waals surface area (Å²) in [7, 11) is 0. The predicted molar refractivity (Wildman–Crippen MR) is 58.3 cm³/mol. The Morgan fingerprint density at radius 2 is 2.36 bits per heavy atom. The SMILES string of the molecule is C[C@@H](Cl)C(=O)c1ccc2c(c1)CCN2. The maximum atomic E-state index is 11.6. The van der Waals surface area contributed by atoms with E-state index in [4.69, 9.17) is 11.6 Å². The molecule has 1 N–H and O–H groups in total. The van der Waals surface area contributed by atoms with Crippen molar-refractivity contribution in [2.24, 2.45) is 0 Å². The highest BCUT2D eigenvalue weighted by Crippen LogP contribution is 2.23. The maximum absolute atomic E-state index is 11.6. The van der Waals surface area contributed by atoms with E-state index in [1.54, 1.807) is 6.92 Å². The Labute approximate surface area is 88.3 Å². The van der Waals surface area contributed by atoms with Crippen LogP contribution in [0.2, 0.25) is 0 Å². The van der Waals surface area contributed by atoms with Crippen LogP contribution in [0.1, 0.15) is 22.8 Å². The summed E-state index contributed by atoms with van der Waals surface area (Å²) in [5.74, 6) is 0.00127. The molecule has 2 nitrogen and oxygen atoms in total. The van der Waals surface area contributed by atoms with Crippen LogP contribution in [0, 0.1) is 0 Å². The summed E-state index contributed by atoms with van der Waals surface area (Å²) in [6.45, 7) is 2.67. The third kappa shape index (κ3) is 1.62. The minimum atomic E-state index is -0.442. The Morgan fingerprint density at radius 1 is 1.57 bits per heavy atom. The van der Waals surface area contributed by atoms with Gasteiger partial charge in [0.05, 0.1) is 5.38 Å². The summed E-state index contributed by atoms with van der Waals surface area (Å²) in [4.78, 5) is 11.6. The van der Waals surface area contributed by atoms with E-state index in [-0.39, 0.29) is 5.78 Å². The lowest BCUT2D eigenvalue weighted by Gasteiger charge is -2.05. The maximum Gasteiger partial charge on any atom is 0.180 e. The topological polar surface area (TPSA) is 29.1 Å². The lowest BCUT2D eigenvalue weighted by molar-refractivity contribution is 0.0991. The number of ketones is 1. The van der Waals surface area contributed by atoms with Gasteiger partial charge in [-0.3, -0.25) is 4.79 Å². The van der Waals surface area contributed by atoms with Crippen LogP contribution in [0.15, 0.2) is 18.2 Å². The fraction of sp³-hybridized carbons (Fsp3) is 0.364. The van der Waals surface area contributed by atoms with E-state index >= 15 is 0 Å². The van der Waals surface area contributed by atoms with Crippen molar-refractivity contribution in [3.8, 4) is 0 Å². The van der Waals surface area contributed by atoms with Crippen molar-refractivity contribution in [3.05, 3.63) is 29.3 Å². The van der Waals surface area contributed by atoms with E-state index < -0.39 is 5.38 Å². The van der Waals surface area contributed by atoms with Crippen LogP contribution in [-0.2, 0) is 6.42 Å². The molecule has 0 bridgehead atoms. The number of anilines is 1. The van der Waals surface area contributed by atoms with Crippen molar-refractivity contribution in [1.29, 1.82) is 0 Å². The molecule has 14 heavy (non-hydrogen) atoms. The number of fused-ring (bicyclic) bond motifs is 1. The summed E-state index contributed by atoms with van der Waals surface area (Å²) < 4.78 is 0. The molecule has 1 atom stereocenters. The number of carbonyl (C=O) groups is 1. The number of carbonyl (C=O) groups excluding carboxylic acids is 1. The van der Waals surface area contributed by atoms with Gasteiger partial charge in [-0.05, 0) is 37.1 Å². The van der Waals surface area contributed by atoms with Crippen LogP contribution in [0.4, 0.5) is 5.69 Å². The van der Waals surface area contributed by atoms with Crippen LogP contribution in [-0.4, -0.2) is 17.7 Å². The standard InChI is InChI=1S/C11H12ClNO/c1-7(12)11(14)9-2-3-10-8(6-9)4-5-13-10/h2-3,6-7,13H,4-5H2,1H3/t7-/m1/s1. The second-order valence-electron chi connectivity index (χ2n) is 3.53. The molecule has 1 aromatic carbocycles. The number of hydrogen-bond donors (Lipinski definition) is 1. The average molecular weight is 210 g/mol. The van der Waals surface area contributed by atoms with Crippen LogP contribution in [0.5, 0.6) is 0 Å². The molecule has 0 spiro atoms. The molecule has 74 valence electrons. The van der Waals surface area contributed by atoms with Crippen molar-refractivity contribution >= 4 is 23.1 Å². The molecule has 1 aliphatic rings. The molecule has 0 amide bonds. The molecule has 0 saturated heterocycles. The summed E-state index contributed by atoms with van der Waals surface area (Å²) >= 11 is 5.75. The van der Waals surface area contributed by atoms with Gasteiger partial charge in [0.25, 0.3) is 0 Å². The van der Waals surface area contributed by atoms with Gasteiger partial charge in [0, 0.05) is 17.8 Å². The normalized spacial score (nSPS) is 15.9. The van der Waals surface area contributed by atoms with Crippen molar-refractivity contribution in [3.63, 3.8) is 0 Å². The zero-order chi connectivity index (χ0) is 10.1. The molecule has 1 heterocycles. The zero-order valence-electron chi connectivity index (χ0n) is 8.01. The van der Waals surface area contributed by atoms with Gasteiger partial charge in [-0.2, -0.15) is 0 Å². The van der Waals surface area contributed by atoms with Crippen LogP contribution in [0.3, 0.4) is 0 Å². The molecular weight excluding hydrogens is 198 g/mol. The first-order chi connectivity index (χ1) is 6.68.